The van der Waals surface area contributed by atoms with Gasteiger partial charge in [-0.25, -0.2) is 0 Å². The van der Waals surface area contributed by atoms with Crippen molar-refractivity contribution in [2.45, 2.75) is 96.7 Å². The van der Waals surface area contributed by atoms with E-state index in [4.69, 9.17) is 25.2 Å². The first kappa shape index (κ1) is 61.3. The fourth-order valence-electron chi connectivity index (χ4n) is 4.85. The minimum absolute atomic E-state index is 0.0871. The van der Waals surface area contributed by atoms with Crippen molar-refractivity contribution in [2.24, 2.45) is 0 Å². The van der Waals surface area contributed by atoms with Crippen molar-refractivity contribution in [3.63, 3.8) is 0 Å². The second kappa shape index (κ2) is 33.5. The summed E-state index contributed by atoms with van der Waals surface area (Å²) in [6.45, 7) is 11.3. The second-order valence-electron chi connectivity index (χ2n) is 21.0. The molecule has 0 aliphatic rings. The molecule has 56 heavy (non-hydrogen) atoms. The SMILES string of the molecule is CC(C)(O)CCC[N+](C)(C)C.C[N+](C)(C)CCCCCCO.C[N+](C)(C)CCCCO.C[N+](C)(C)CCCCOc1ccc(CO)cc1.C[N+](C)(C)CCCO. The van der Waals surface area contributed by atoms with Gasteiger partial charge in [-0.2, -0.15) is 0 Å². The lowest BCUT2D eigenvalue weighted by molar-refractivity contribution is -0.870. The average molecular weight is 809 g/mol. The van der Waals surface area contributed by atoms with Gasteiger partial charge in [-0.1, -0.05) is 18.6 Å². The van der Waals surface area contributed by atoms with Crippen LogP contribution in [0.2, 0.25) is 0 Å². The van der Waals surface area contributed by atoms with Crippen LogP contribution < -0.4 is 4.74 Å². The molecule has 0 aliphatic carbocycles. The Kier molecular flexibility index (Phi) is 36.6. The summed E-state index contributed by atoms with van der Waals surface area (Å²) in [5.41, 5.74) is 0.428. The Hall–Kier alpha value is -1.38. The number of aliphatic hydroxyl groups is 5. The first-order valence-corrected chi connectivity index (χ1v) is 21.3. The number of unbranched alkanes of at least 4 members (excludes halogenated alkanes) is 5. The molecule has 0 spiro atoms. The molecule has 0 saturated heterocycles. The van der Waals surface area contributed by atoms with Gasteiger partial charge in [0.05, 0.1) is 157 Å². The zero-order chi connectivity index (χ0) is 44.5. The summed E-state index contributed by atoms with van der Waals surface area (Å²) in [5.74, 6) is 0.882. The molecule has 0 fully saturated rings. The standard InChI is InChI=1S/C14H24NO2.2C9H22NO.C7H18NO.C6H16NO/c1-15(2,3)10-4-5-11-17-14-8-6-13(12-16)7-9-14;1-9(2,11)7-6-8-10(3,4)5;1-10(2,3)8-6-4-5-7-9-11;1-8(2,3)6-4-5-7-9;1-7(2,3)5-4-6-8/h6-9,16H,4-5,10-12H2,1-3H3;11H,6-8H2,1-5H3;11H,4-9H2,1-3H3;9H,4-7H2,1-3H3;8H,4-6H2,1-3H3/q5*+1. The fraction of sp³-hybridized carbons (Fsp3) is 0.867. The van der Waals surface area contributed by atoms with Crippen LogP contribution in [0.5, 0.6) is 5.75 Å². The van der Waals surface area contributed by atoms with Crippen molar-refractivity contribution in [1.29, 1.82) is 0 Å². The number of aliphatic hydroxyl groups excluding tert-OH is 4. The van der Waals surface area contributed by atoms with Gasteiger partial charge in [-0.15, -0.1) is 0 Å². The molecule has 1 rings (SSSR count). The van der Waals surface area contributed by atoms with Crippen molar-refractivity contribution in [3.05, 3.63) is 29.8 Å². The smallest absolute Gasteiger partial charge is 0.119 e. The summed E-state index contributed by atoms with van der Waals surface area (Å²) in [7, 11) is 32.6. The summed E-state index contributed by atoms with van der Waals surface area (Å²) in [6.07, 6.45) is 11.9. The molecule has 338 valence electrons. The first-order chi connectivity index (χ1) is 25.4. The van der Waals surface area contributed by atoms with Gasteiger partial charge >= 0.3 is 0 Å². The number of hydrogen-bond donors (Lipinski definition) is 5. The molecule has 0 atom stereocenters. The molecule has 0 aromatic heterocycles. The van der Waals surface area contributed by atoms with Gasteiger partial charge in [-0.3, -0.25) is 0 Å². The Morgan fingerprint density at radius 1 is 0.429 bits per heavy atom. The van der Waals surface area contributed by atoms with Crippen LogP contribution in [0.1, 0.15) is 90.0 Å². The normalized spacial score (nSPS) is 12.2. The van der Waals surface area contributed by atoms with E-state index in [1.807, 2.05) is 38.1 Å². The highest BCUT2D eigenvalue weighted by atomic mass is 16.5. The maximum absolute atomic E-state index is 9.41. The fourth-order valence-corrected chi connectivity index (χ4v) is 4.85. The molecule has 0 bridgehead atoms. The molecule has 11 heteroatoms. The lowest BCUT2D eigenvalue weighted by atomic mass is 10.0. The number of rotatable bonds is 24. The number of ether oxygens (including phenoxy) is 1. The molecule has 11 nitrogen and oxygen atoms in total. The van der Waals surface area contributed by atoms with Crippen molar-refractivity contribution in [2.75, 3.05) is 165 Å². The molecular formula is C45H102N5O6+5. The predicted molar refractivity (Wildman–Crippen MR) is 241 cm³/mol. The third-order valence-electron chi connectivity index (χ3n) is 8.18. The van der Waals surface area contributed by atoms with E-state index in [1.54, 1.807) is 0 Å². The van der Waals surface area contributed by atoms with E-state index in [0.29, 0.717) is 19.8 Å². The van der Waals surface area contributed by atoms with E-state index in [2.05, 4.69) is 106 Å². The molecule has 1 aromatic rings. The molecular weight excluding hydrogens is 707 g/mol. The third kappa shape index (κ3) is 64.5. The van der Waals surface area contributed by atoms with Crippen LogP contribution in [0.3, 0.4) is 0 Å². The zero-order valence-electron chi connectivity index (χ0n) is 40.5. The molecule has 0 aliphatic heterocycles. The van der Waals surface area contributed by atoms with Crippen LogP contribution in [0.15, 0.2) is 24.3 Å². The van der Waals surface area contributed by atoms with E-state index in [-0.39, 0.29) is 6.61 Å². The topological polar surface area (TPSA) is 110 Å². The predicted octanol–water partition coefficient (Wildman–Crippen LogP) is 5.07. The Morgan fingerprint density at radius 3 is 1.09 bits per heavy atom. The summed E-state index contributed by atoms with van der Waals surface area (Å²) in [5, 5.41) is 43.7. The van der Waals surface area contributed by atoms with Gasteiger partial charge in [0.2, 0.25) is 0 Å². The Bertz CT molecular complexity index is 954. The van der Waals surface area contributed by atoms with E-state index >= 15 is 0 Å². The van der Waals surface area contributed by atoms with Gasteiger partial charge in [0.1, 0.15) is 5.75 Å². The van der Waals surface area contributed by atoms with Crippen LogP contribution in [0.25, 0.3) is 0 Å². The molecule has 0 heterocycles. The van der Waals surface area contributed by atoms with E-state index in [9.17, 15) is 5.11 Å². The van der Waals surface area contributed by atoms with Crippen LogP contribution in [-0.4, -0.2) is 218 Å². The van der Waals surface area contributed by atoms with Crippen LogP contribution >= 0.6 is 0 Å². The van der Waals surface area contributed by atoms with E-state index in [1.165, 1.54) is 38.8 Å². The van der Waals surface area contributed by atoms with Crippen molar-refractivity contribution >= 4 is 0 Å². The van der Waals surface area contributed by atoms with E-state index < -0.39 is 5.60 Å². The van der Waals surface area contributed by atoms with Gasteiger partial charge < -0.3 is 52.7 Å². The van der Waals surface area contributed by atoms with Crippen molar-refractivity contribution in [1.82, 2.24) is 0 Å². The maximum atomic E-state index is 9.41. The van der Waals surface area contributed by atoms with Gasteiger partial charge in [0.15, 0.2) is 0 Å². The van der Waals surface area contributed by atoms with E-state index in [0.717, 1.165) is 105 Å². The second-order valence-corrected chi connectivity index (χ2v) is 21.0. The number of quaternary nitrogens is 5. The molecule has 1 aromatic carbocycles. The van der Waals surface area contributed by atoms with Crippen LogP contribution in [-0.2, 0) is 6.61 Å². The number of benzene rings is 1. The monoisotopic (exact) mass is 809 g/mol. The minimum Gasteiger partial charge on any atom is -0.494 e. The highest BCUT2D eigenvalue weighted by Gasteiger charge is 2.14. The molecule has 0 unspecified atom stereocenters. The molecule has 0 saturated carbocycles. The lowest BCUT2D eigenvalue weighted by Gasteiger charge is -2.25. The Morgan fingerprint density at radius 2 is 0.750 bits per heavy atom. The Balaban J connectivity index is -0.000000311. The molecule has 0 amide bonds. The third-order valence-corrected chi connectivity index (χ3v) is 8.18. The van der Waals surface area contributed by atoms with Gasteiger partial charge in [-0.05, 0) is 89.3 Å². The summed E-state index contributed by atoms with van der Waals surface area (Å²) < 4.78 is 10.6. The van der Waals surface area contributed by atoms with Crippen molar-refractivity contribution in [3.8, 4) is 5.75 Å². The van der Waals surface area contributed by atoms with Gasteiger partial charge in [0.25, 0.3) is 0 Å². The summed E-state index contributed by atoms with van der Waals surface area (Å²) in [6, 6.07) is 7.60. The minimum atomic E-state index is -0.491. The molecule has 5 N–H and O–H groups in total. The number of nitrogens with zero attached hydrogens (tertiary/aromatic N) is 5. The van der Waals surface area contributed by atoms with Crippen molar-refractivity contribution < 1.29 is 52.7 Å². The van der Waals surface area contributed by atoms with Crippen LogP contribution in [0.4, 0.5) is 0 Å². The quantitative estimate of drug-likeness (QED) is 0.0738. The largest absolute Gasteiger partial charge is 0.494 e. The lowest BCUT2D eigenvalue weighted by Crippen LogP contribution is -2.36. The molecule has 0 radical (unpaired) electrons. The summed E-state index contributed by atoms with van der Waals surface area (Å²) >= 11 is 0. The zero-order valence-corrected chi connectivity index (χ0v) is 40.5. The average Bonchev–Trinajstić information content (AvgIpc) is 3.02. The maximum Gasteiger partial charge on any atom is 0.119 e. The Labute approximate surface area is 349 Å². The first-order valence-electron chi connectivity index (χ1n) is 21.3. The van der Waals surface area contributed by atoms with Crippen LogP contribution in [0, 0.1) is 0 Å². The number of hydrogen-bond acceptors (Lipinski definition) is 6. The highest BCUT2D eigenvalue weighted by molar-refractivity contribution is 5.26. The summed E-state index contributed by atoms with van der Waals surface area (Å²) in [4.78, 5) is 0. The highest BCUT2D eigenvalue weighted by Crippen LogP contribution is 2.13. The van der Waals surface area contributed by atoms with Gasteiger partial charge in [0, 0.05) is 26.2 Å².